The molecule has 0 radical (unpaired) electrons. The molecule has 0 bridgehead atoms. The molecule has 0 saturated carbocycles. The molecule has 0 atom stereocenters. The summed E-state index contributed by atoms with van der Waals surface area (Å²) in [4.78, 5) is 38.3. The summed E-state index contributed by atoms with van der Waals surface area (Å²) in [5.74, 6) is -1.18. The molecule has 1 aliphatic rings. The number of ketones is 3. The van der Waals surface area contributed by atoms with E-state index in [0.29, 0.717) is 5.56 Å². The number of hydrogen-bond donors (Lipinski definition) is 0. The van der Waals surface area contributed by atoms with Gasteiger partial charge in [-0.15, -0.1) is 0 Å². The Kier molecular flexibility index (Phi) is 4.22. The highest BCUT2D eigenvalue weighted by Crippen LogP contribution is 2.29. The van der Waals surface area contributed by atoms with E-state index in [-0.39, 0.29) is 40.6 Å². The van der Waals surface area contributed by atoms with Gasteiger partial charge in [-0.2, -0.15) is 13.2 Å². The van der Waals surface area contributed by atoms with Crippen LogP contribution in [-0.4, -0.2) is 21.9 Å². The fourth-order valence-electron chi connectivity index (χ4n) is 3.48. The largest absolute Gasteiger partial charge is 0.416 e. The van der Waals surface area contributed by atoms with Gasteiger partial charge in [-0.05, 0) is 12.1 Å². The van der Waals surface area contributed by atoms with E-state index in [0.717, 1.165) is 24.3 Å². The van der Waals surface area contributed by atoms with Gasteiger partial charge >= 0.3 is 6.18 Å². The van der Waals surface area contributed by atoms with Crippen molar-refractivity contribution in [3.8, 4) is 0 Å². The van der Waals surface area contributed by atoms with Gasteiger partial charge in [0.1, 0.15) is 0 Å². The summed E-state index contributed by atoms with van der Waals surface area (Å²) in [5.41, 5.74) is 0.0546. The van der Waals surface area contributed by atoms with Crippen molar-refractivity contribution in [2.45, 2.75) is 12.7 Å². The molecule has 1 heterocycles. The number of halogens is 3. The van der Waals surface area contributed by atoms with Crippen LogP contribution in [0.2, 0.25) is 0 Å². The third-order valence-corrected chi connectivity index (χ3v) is 4.87. The third-order valence-electron chi connectivity index (χ3n) is 4.87. The predicted molar refractivity (Wildman–Crippen MR) is 94.7 cm³/mol. The van der Waals surface area contributed by atoms with Crippen molar-refractivity contribution >= 4 is 17.3 Å². The summed E-state index contributed by atoms with van der Waals surface area (Å²) in [6.07, 6.45) is -3.02. The van der Waals surface area contributed by atoms with Gasteiger partial charge in [0, 0.05) is 16.7 Å². The molecule has 8 heteroatoms. The smallest absolute Gasteiger partial charge is 0.290 e. The minimum absolute atomic E-state index is 0.0816. The van der Waals surface area contributed by atoms with E-state index in [1.54, 1.807) is 31.3 Å². The van der Waals surface area contributed by atoms with Gasteiger partial charge in [-0.1, -0.05) is 36.4 Å². The maximum absolute atomic E-state index is 12.9. The van der Waals surface area contributed by atoms with Crippen LogP contribution in [0, 0.1) is 0 Å². The number of nitrogens with zero attached hydrogens (tertiary/aromatic N) is 2. The Morgan fingerprint density at radius 2 is 1.55 bits per heavy atom. The molecule has 0 aliphatic heterocycles. The summed E-state index contributed by atoms with van der Waals surface area (Å²) in [6, 6.07) is 10.3. The highest BCUT2D eigenvalue weighted by Gasteiger charge is 2.40. The molecule has 0 N–H and O–H groups in total. The van der Waals surface area contributed by atoms with Crippen molar-refractivity contribution in [1.29, 1.82) is 0 Å². The van der Waals surface area contributed by atoms with Gasteiger partial charge < -0.3 is 0 Å². The van der Waals surface area contributed by atoms with E-state index in [1.165, 1.54) is 15.5 Å². The second kappa shape index (κ2) is 6.51. The number of rotatable bonds is 3. The Balaban J connectivity index is 1.69. The quantitative estimate of drug-likeness (QED) is 0.393. The van der Waals surface area contributed by atoms with E-state index in [4.69, 9.17) is 0 Å². The molecule has 4 rings (SSSR count). The van der Waals surface area contributed by atoms with E-state index in [1.807, 2.05) is 0 Å². The molecule has 0 spiro atoms. The monoisotopic (exact) mass is 399 g/mol. The number of benzene rings is 2. The average molecular weight is 399 g/mol. The lowest BCUT2D eigenvalue weighted by atomic mass is 9.90. The molecule has 0 unspecified atom stereocenters. The average Bonchev–Trinajstić information content (AvgIpc) is 3.01. The fraction of sp³-hybridized carbons (Fsp3) is 0.143. The van der Waals surface area contributed by atoms with Crippen molar-refractivity contribution in [1.82, 2.24) is 4.57 Å². The summed E-state index contributed by atoms with van der Waals surface area (Å²) in [6.45, 7) is -0.282. The molecule has 1 aliphatic carbocycles. The topological polar surface area (TPSA) is 60.0 Å². The van der Waals surface area contributed by atoms with Crippen LogP contribution in [-0.2, 0) is 19.8 Å². The van der Waals surface area contributed by atoms with Crippen LogP contribution in [0.4, 0.5) is 13.2 Å². The van der Waals surface area contributed by atoms with E-state index in [2.05, 4.69) is 0 Å². The Bertz CT molecular complexity index is 1170. The molecule has 1 aromatic heterocycles. The van der Waals surface area contributed by atoms with Crippen LogP contribution >= 0.6 is 0 Å². The van der Waals surface area contributed by atoms with Gasteiger partial charge in [0.25, 0.3) is 0 Å². The maximum Gasteiger partial charge on any atom is 0.416 e. The van der Waals surface area contributed by atoms with Crippen molar-refractivity contribution in [3.05, 3.63) is 88.5 Å². The van der Waals surface area contributed by atoms with Crippen LogP contribution in [0.5, 0.6) is 0 Å². The van der Waals surface area contributed by atoms with Crippen molar-refractivity contribution < 1.29 is 32.1 Å². The molecule has 3 aromatic rings. The number of aromatic nitrogens is 2. The molecule has 0 amide bonds. The Labute approximate surface area is 163 Å². The first-order valence-electron chi connectivity index (χ1n) is 8.66. The van der Waals surface area contributed by atoms with Gasteiger partial charge in [-0.3, -0.25) is 14.4 Å². The van der Waals surface area contributed by atoms with Gasteiger partial charge in [0.2, 0.25) is 35.1 Å². The molecule has 29 heavy (non-hydrogen) atoms. The minimum atomic E-state index is -4.49. The van der Waals surface area contributed by atoms with Crippen molar-refractivity contribution in [2.75, 3.05) is 0 Å². The van der Waals surface area contributed by atoms with Crippen molar-refractivity contribution in [3.63, 3.8) is 0 Å². The van der Waals surface area contributed by atoms with E-state index >= 15 is 0 Å². The van der Waals surface area contributed by atoms with Gasteiger partial charge in [0.15, 0.2) is 6.54 Å². The lowest BCUT2D eigenvalue weighted by Crippen LogP contribution is -2.36. The van der Waals surface area contributed by atoms with Crippen LogP contribution < -0.4 is 4.57 Å². The van der Waals surface area contributed by atoms with Crippen molar-refractivity contribution in [2.24, 2.45) is 7.05 Å². The second-order valence-electron chi connectivity index (χ2n) is 6.75. The Morgan fingerprint density at radius 1 is 0.966 bits per heavy atom. The number of hydrogen-bond acceptors (Lipinski definition) is 3. The van der Waals surface area contributed by atoms with Crippen LogP contribution in [0.1, 0.15) is 48.0 Å². The first-order valence-corrected chi connectivity index (χ1v) is 8.66. The van der Waals surface area contributed by atoms with E-state index < -0.39 is 17.5 Å². The van der Waals surface area contributed by atoms with Gasteiger partial charge in [-0.25, -0.2) is 9.13 Å². The lowest BCUT2D eigenvalue weighted by Gasteiger charge is -2.12. The number of Topliss-reactive ketones (excluding diaryl/α,β-unsaturated/α-hetero) is 1. The molecule has 0 fully saturated rings. The standard InChI is InChI=1S/C21H14F3N2O3/c1-25-11-26(10-16(27)12-6-8-13(9-7-12)21(22,23)24)18-17(25)19(28)14-4-2-3-5-15(14)20(18)29/h2-9,11H,10H2,1H3/q+1. The third kappa shape index (κ3) is 3.06. The zero-order valence-corrected chi connectivity index (χ0v) is 15.2. The molecule has 2 aromatic carbocycles. The lowest BCUT2D eigenvalue weighted by molar-refractivity contribution is -0.672. The SMILES string of the molecule is C[n+]1cn(CC(=O)c2ccc(C(F)(F)F)cc2)c2c1C(=O)c1ccccc1C2=O. The Hall–Kier alpha value is -3.55. The number of alkyl halides is 3. The summed E-state index contributed by atoms with van der Waals surface area (Å²) in [7, 11) is 1.59. The number of carbonyl (C=O) groups is 3. The normalized spacial score (nSPS) is 13.2. The first-order chi connectivity index (χ1) is 13.7. The number of carbonyl (C=O) groups excluding carboxylic acids is 3. The second-order valence-corrected chi connectivity index (χ2v) is 6.75. The molecule has 146 valence electrons. The summed E-state index contributed by atoms with van der Waals surface area (Å²) in [5, 5.41) is 0. The molecular formula is C21H14F3N2O3+. The molecule has 0 saturated heterocycles. The number of aryl methyl sites for hydroxylation is 1. The number of imidazole rings is 1. The van der Waals surface area contributed by atoms with Crippen LogP contribution in [0.25, 0.3) is 0 Å². The summed E-state index contributed by atoms with van der Waals surface area (Å²) < 4.78 is 40.9. The predicted octanol–water partition coefficient (Wildman–Crippen LogP) is 2.99. The Morgan fingerprint density at radius 3 is 2.14 bits per heavy atom. The zero-order chi connectivity index (χ0) is 20.9. The van der Waals surface area contributed by atoms with Crippen LogP contribution in [0.15, 0.2) is 54.9 Å². The highest BCUT2D eigenvalue weighted by atomic mass is 19.4. The minimum Gasteiger partial charge on any atom is -0.290 e. The maximum atomic E-state index is 12.9. The zero-order valence-electron chi connectivity index (χ0n) is 15.2. The highest BCUT2D eigenvalue weighted by molar-refractivity contribution is 6.26. The fourth-order valence-corrected chi connectivity index (χ4v) is 3.48. The molecule has 5 nitrogen and oxygen atoms in total. The molecular weight excluding hydrogens is 385 g/mol. The first kappa shape index (κ1) is 18.8. The number of fused-ring (bicyclic) bond motifs is 2. The van der Waals surface area contributed by atoms with Crippen LogP contribution in [0.3, 0.4) is 0 Å². The van der Waals surface area contributed by atoms with E-state index in [9.17, 15) is 27.6 Å². The summed E-state index contributed by atoms with van der Waals surface area (Å²) >= 11 is 0. The van der Waals surface area contributed by atoms with Gasteiger partial charge in [0.05, 0.1) is 12.6 Å².